The fraction of sp³-hybridized carbons (Fsp3) is 0.375. The fourth-order valence-corrected chi connectivity index (χ4v) is 4.66. The largest absolute Gasteiger partial charge is 0.394 e. The van der Waals surface area contributed by atoms with Crippen molar-refractivity contribution in [3.63, 3.8) is 0 Å². The smallest absolute Gasteiger partial charge is 0.237 e. The van der Waals surface area contributed by atoms with Gasteiger partial charge >= 0.3 is 0 Å². The van der Waals surface area contributed by atoms with E-state index < -0.39 is 0 Å². The fourth-order valence-electron chi connectivity index (χ4n) is 4.66. The SMILES string of the molecule is C/C=C/c1ccc([C@H]2[C@@H](CO)N3C(=O)CN(Cc4ccc(C)cc4)C[C@H]23)cc1. The number of hydrogen-bond donors (Lipinski definition) is 1. The van der Waals surface area contributed by atoms with E-state index in [-0.39, 0.29) is 30.5 Å². The molecule has 2 aromatic carbocycles. The van der Waals surface area contributed by atoms with Gasteiger partial charge in [-0.25, -0.2) is 0 Å². The average Bonchev–Trinajstić information content (AvgIpc) is 2.67. The number of benzene rings is 2. The van der Waals surface area contributed by atoms with Crippen molar-refractivity contribution in [2.24, 2.45) is 0 Å². The quantitative estimate of drug-likeness (QED) is 0.872. The number of nitrogens with zero attached hydrogens (tertiary/aromatic N) is 2. The number of rotatable bonds is 5. The number of aliphatic hydroxyl groups excluding tert-OH is 1. The Bertz CT molecular complexity index is 857. The Hall–Kier alpha value is -2.43. The number of carbonyl (C=O) groups excluding carboxylic acids is 1. The Morgan fingerprint density at radius 3 is 2.46 bits per heavy atom. The van der Waals surface area contributed by atoms with E-state index in [9.17, 15) is 9.90 Å². The third-order valence-corrected chi connectivity index (χ3v) is 6.03. The highest BCUT2D eigenvalue weighted by Gasteiger charge is 2.53. The van der Waals surface area contributed by atoms with Gasteiger partial charge in [-0.3, -0.25) is 9.69 Å². The number of allylic oxidation sites excluding steroid dienone is 1. The summed E-state index contributed by atoms with van der Waals surface area (Å²) in [5, 5.41) is 9.92. The van der Waals surface area contributed by atoms with Crippen molar-refractivity contribution in [1.29, 1.82) is 0 Å². The van der Waals surface area contributed by atoms with Crippen molar-refractivity contribution in [2.75, 3.05) is 19.7 Å². The third kappa shape index (κ3) is 3.50. The first-order valence-electron chi connectivity index (χ1n) is 10.0. The molecule has 146 valence electrons. The molecule has 0 aromatic heterocycles. The van der Waals surface area contributed by atoms with Crippen LogP contribution in [0.2, 0.25) is 0 Å². The predicted octanol–water partition coefficient (Wildman–Crippen LogP) is 3.20. The summed E-state index contributed by atoms with van der Waals surface area (Å²) >= 11 is 0. The molecular formula is C24H28N2O2. The Kier molecular flexibility index (Phi) is 5.33. The molecule has 1 amide bonds. The van der Waals surface area contributed by atoms with Crippen LogP contribution in [0.25, 0.3) is 6.08 Å². The van der Waals surface area contributed by atoms with Gasteiger partial charge in [-0.2, -0.15) is 0 Å². The van der Waals surface area contributed by atoms with Crippen LogP contribution < -0.4 is 0 Å². The molecule has 1 N–H and O–H groups in total. The van der Waals surface area contributed by atoms with Crippen LogP contribution in [0.5, 0.6) is 0 Å². The first kappa shape index (κ1) is 18.9. The lowest BCUT2D eigenvalue weighted by molar-refractivity contribution is -0.162. The molecule has 28 heavy (non-hydrogen) atoms. The Labute approximate surface area is 167 Å². The zero-order valence-electron chi connectivity index (χ0n) is 16.6. The summed E-state index contributed by atoms with van der Waals surface area (Å²) in [6, 6.07) is 17.1. The molecule has 2 heterocycles. The highest BCUT2D eigenvalue weighted by Crippen LogP contribution is 2.43. The van der Waals surface area contributed by atoms with Gasteiger partial charge in [-0.15, -0.1) is 0 Å². The van der Waals surface area contributed by atoms with Gasteiger partial charge in [0.15, 0.2) is 0 Å². The standard InChI is InChI=1S/C24H28N2O2/c1-3-4-18-9-11-20(12-10-18)24-21-14-25(13-19-7-5-17(2)6-8-19)15-23(28)26(21)22(24)16-27/h3-12,21-22,24,27H,13-16H2,1-2H3/b4-3+/t21-,22-,24-/m1/s1. The number of piperazine rings is 1. The zero-order valence-corrected chi connectivity index (χ0v) is 16.6. The van der Waals surface area contributed by atoms with Crippen LogP contribution in [-0.4, -0.2) is 52.6 Å². The van der Waals surface area contributed by atoms with E-state index in [0.717, 1.165) is 13.1 Å². The van der Waals surface area contributed by atoms with Crippen LogP contribution >= 0.6 is 0 Å². The maximum absolute atomic E-state index is 12.8. The van der Waals surface area contributed by atoms with Crippen LogP contribution in [0.15, 0.2) is 54.6 Å². The molecule has 2 aliphatic heterocycles. The van der Waals surface area contributed by atoms with Crippen molar-refractivity contribution < 1.29 is 9.90 Å². The van der Waals surface area contributed by atoms with Gasteiger partial charge in [0.25, 0.3) is 0 Å². The molecule has 0 spiro atoms. The molecule has 4 rings (SSSR count). The second-order valence-electron chi connectivity index (χ2n) is 7.97. The van der Waals surface area contributed by atoms with E-state index in [0.29, 0.717) is 6.54 Å². The van der Waals surface area contributed by atoms with Crippen LogP contribution in [0, 0.1) is 6.92 Å². The number of aryl methyl sites for hydroxylation is 1. The van der Waals surface area contributed by atoms with Gasteiger partial charge in [0.2, 0.25) is 5.91 Å². The van der Waals surface area contributed by atoms with E-state index in [1.807, 2.05) is 17.9 Å². The Balaban J connectivity index is 1.52. The van der Waals surface area contributed by atoms with E-state index in [1.165, 1.54) is 22.3 Å². The monoisotopic (exact) mass is 376 g/mol. The second-order valence-corrected chi connectivity index (χ2v) is 7.97. The Morgan fingerprint density at radius 2 is 1.82 bits per heavy atom. The number of aliphatic hydroxyl groups is 1. The highest BCUT2D eigenvalue weighted by atomic mass is 16.3. The van der Waals surface area contributed by atoms with E-state index in [4.69, 9.17) is 0 Å². The first-order valence-corrected chi connectivity index (χ1v) is 10.0. The van der Waals surface area contributed by atoms with Crippen molar-refractivity contribution in [1.82, 2.24) is 9.80 Å². The van der Waals surface area contributed by atoms with Crippen molar-refractivity contribution in [3.8, 4) is 0 Å². The molecule has 0 unspecified atom stereocenters. The van der Waals surface area contributed by atoms with Crippen LogP contribution in [-0.2, 0) is 11.3 Å². The molecule has 2 fully saturated rings. The van der Waals surface area contributed by atoms with Gasteiger partial charge in [-0.1, -0.05) is 66.2 Å². The molecule has 2 aliphatic rings. The minimum atomic E-state index is -0.105. The third-order valence-electron chi connectivity index (χ3n) is 6.03. The second kappa shape index (κ2) is 7.90. The zero-order chi connectivity index (χ0) is 19.7. The summed E-state index contributed by atoms with van der Waals surface area (Å²) in [7, 11) is 0. The molecule has 4 heteroatoms. The normalized spacial score (nSPS) is 25.0. The molecular weight excluding hydrogens is 348 g/mol. The van der Waals surface area contributed by atoms with Gasteiger partial charge in [0.05, 0.1) is 25.2 Å². The molecule has 0 saturated carbocycles. The molecule has 0 radical (unpaired) electrons. The number of fused-ring (bicyclic) bond motifs is 1. The van der Waals surface area contributed by atoms with E-state index in [2.05, 4.69) is 66.4 Å². The lowest BCUT2D eigenvalue weighted by Gasteiger charge is -2.59. The minimum Gasteiger partial charge on any atom is -0.394 e. The number of amides is 1. The number of hydrogen-bond acceptors (Lipinski definition) is 3. The first-order chi connectivity index (χ1) is 13.6. The van der Waals surface area contributed by atoms with Gasteiger partial charge in [-0.05, 0) is 30.5 Å². The molecule has 3 atom stereocenters. The van der Waals surface area contributed by atoms with Gasteiger partial charge in [0, 0.05) is 19.0 Å². The lowest BCUT2D eigenvalue weighted by atomic mass is 9.73. The van der Waals surface area contributed by atoms with Crippen LogP contribution in [0.3, 0.4) is 0 Å². The lowest BCUT2D eigenvalue weighted by Crippen LogP contribution is -2.72. The summed E-state index contributed by atoms with van der Waals surface area (Å²) in [4.78, 5) is 16.9. The summed E-state index contributed by atoms with van der Waals surface area (Å²) < 4.78 is 0. The summed E-state index contributed by atoms with van der Waals surface area (Å²) in [5.41, 5.74) is 4.86. The molecule has 2 saturated heterocycles. The van der Waals surface area contributed by atoms with E-state index in [1.54, 1.807) is 0 Å². The van der Waals surface area contributed by atoms with Gasteiger partial charge < -0.3 is 10.0 Å². The summed E-state index contributed by atoms with van der Waals surface area (Å²) in [6.45, 7) is 6.16. The van der Waals surface area contributed by atoms with Crippen LogP contribution in [0.4, 0.5) is 0 Å². The maximum atomic E-state index is 12.8. The average molecular weight is 377 g/mol. The van der Waals surface area contributed by atoms with Crippen molar-refractivity contribution in [3.05, 3.63) is 76.9 Å². The topological polar surface area (TPSA) is 43.8 Å². The predicted molar refractivity (Wildman–Crippen MR) is 112 cm³/mol. The summed E-state index contributed by atoms with van der Waals surface area (Å²) in [6.07, 6.45) is 4.10. The van der Waals surface area contributed by atoms with Crippen LogP contribution in [0.1, 0.15) is 35.1 Å². The molecule has 0 bridgehead atoms. The van der Waals surface area contributed by atoms with E-state index >= 15 is 0 Å². The van der Waals surface area contributed by atoms with Crippen molar-refractivity contribution >= 4 is 12.0 Å². The molecule has 4 nitrogen and oxygen atoms in total. The van der Waals surface area contributed by atoms with Crippen molar-refractivity contribution in [2.45, 2.75) is 38.4 Å². The maximum Gasteiger partial charge on any atom is 0.237 e. The summed E-state index contributed by atoms with van der Waals surface area (Å²) in [5.74, 6) is 0.318. The highest BCUT2D eigenvalue weighted by molar-refractivity contribution is 5.81. The van der Waals surface area contributed by atoms with Gasteiger partial charge in [0.1, 0.15) is 0 Å². The molecule has 0 aliphatic carbocycles. The minimum absolute atomic E-state index is 0.0154. The Morgan fingerprint density at radius 1 is 1.11 bits per heavy atom. The number of carbonyl (C=O) groups is 1. The molecule has 2 aromatic rings.